The van der Waals surface area contributed by atoms with Crippen LogP contribution in [0.4, 0.5) is 5.69 Å². The summed E-state index contributed by atoms with van der Waals surface area (Å²) in [5, 5.41) is 13.6. The van der Waals surface area contributed by atoms with Crippen LogP contribution in [0.3, 0.4) is 0 Å². The number of rotatable bonds is 4. The van der Waals surface area contributed by atoms with Gasteiger partial charge in [-0.3, -0.25) is 18.9 Å². The maximum atomic E-state index is 12.7. The van der Waals surface area contributed by atoms with Crippen molar-refractivity contribution < 1.29 is 5.11 Å². The van der Waals surface area contributed by atoms with Crippen molar-refractivity contribution in [1.29, 1.82) is 0 Å². The number of nitrogens with one attached hydrogen (secondary N) is 1. The van der Waals surface area contributed by atoms with Crippen LogP contribution in [0.15, 0.2) is 69.2 Å². The molecule has 0 amide bonds. The normalized spacial score (nSPS) is 11.5. The van der Waals surface area contributed by atoms with Crippen LogP contribution in [0.5, 0.6) is 5.88 Å². The van der Waals surface area contributed by atoms with Crippen molar-refractivity contribution in [2.24, 2.45) is 19.1 Å². The van der Waals surface area contributed by atoms with Crippen molar-refractivity contribution in [2.45, 2.75) is 13.5 Å². The van der Waals surface area contributed by atoms with Crippen LogP contribution in [0.25, 0.3) is 0 Å². The van der Waals surface area contributed by atoms with Gasteiger partial charge < -0.3 is 10.4 Å². The van der Waals surface area contributed by atoms with E-state index in [2.05, 4.69) is 10.3 Å². The average Bonchev–Trinajstić information content (AvgIpc) is 2.70. The summed E-state index contributed by atoms with van der Waals surface area (Å²) in [5.41, 5.74) is 1.50. The highest BCUT2D eigenvalue weighted by Crippen LogP contribution is 2.15. The summed E-state index contributed by atoms with van der Waals surface area (Å²) in [6.45, 7) is 2.30. The molecule has 7 heteroatoms. The van der Waals surface area contributed by atoms with Crippen LogP contribution in [-0.2, 0) is 20.6 Å². The van der Waals surface area contributed by atoms with E-state index in [-0.39, 0.29) is 11.4 Å². The molecule has 28 heavy (non-hydrogen) atoms. The first-order chi connectivity index (χ1) is 13.4. The maximum Gasteiger partial charge on any atom is 0.333 e. The topological polar surface area (TPSA) is 88.6 Å². The molecule has 0 unspecified atom stereocenters. The third-order valence-corrected chi connectivity index (χ3v) is 4.41. The van der Waals surface area contributed by atoms with Crippen molar-refractivity contribution in [2.75, 3.05) is 5.32 Å². The number of hydrogen-bond donors (Lipinski definition) is 2. The van der Waals surface area contributed by atoms with Gasteiger partial charge in [0.2, 0.25) is 5.88 Å². The number of aryl methyl sites for hydroxylation is 1. The van der Waals surface area contributed by atoms with E-state index in [1.165, 1.54) is 14.1 Å². The first kappa shape index (κ1) is 19.2. The van der Waals surface area contributed by atoms with Gasteiger partial charge in [-0.25, -0.2) is 4.79 Å². The van der Waals surface area contributed by atoms with Gasteiger partial charge in [0.25, 0.3) is 5.56 Å². The summed E-state index contributed by atoms with van der Waals surface area (Å²) in [6, 6.07) is 17.1. The van der Waals surface area contributed by atoms with Gasteiger partial charge in [0, 0.05) is 19.8 Å². The second-order valence-corrected chi connectivity index (χ2v) is 6.55. The molecule has 0 spiro atoms. The van der Waals surface area contributed by atoms with Crippen molar-refractivity contribution >= 4 is 11.5 Å². The van der Waals surface area contributed by atoms with E-state index >= 15 is 0 Å². The molecule has 0 aliphatic carbocycles. The number of aromatic hydroxyl groups is 1. The Morgan fingerprint density at radius 2 is 1.75 bits per heavy atom. The number of anilines is 1. The smallest absolute Gasteiger partial charge is 0.333 e. The van der Waals surface area contributed by atoms with Crippen LogP contribution in [0.1, 0.15) is 16.7 Å². The molecular formula is C21H22N4O3. The average molecular weight is 378 g/mol. The summed E-state index contributed by atoms with van der Waals surface area (Å²) >= 11 is 0. The Morgan fingerprint density at radius 1 is 1.04 bits per heavy atom. The van der Waals surface area contributed by atoms with Gasteiger partial charge in [0.15, 0.2) is 0 Å². The number of nitrogens with zero attached hydrogens (tertiary/aromatic N) is 3. The zero-order chi connectivity index (χ0) is 20.3. The Morgan fingerprint density at radius 3 is 2.43 bits per heavy atom. The number of aromatic nitrogens is 2. The molecule has 0 atom stereocenters. The second kappa shape index (κ2) is 7.96. The molecule has 1 aromatic heterocycles. The molecule has 0 saturated carbocycles. The Balaban J connectivity index is 2.13. The van der Waals surface area contributed by atoms with Crippen molar-refractivity contribution in [3.63, 3.8) is 0 Å². The van der Waals surface area contributed by atoms with E-state index < -0.39 is 17.1 Å². The lowest BCUT2D eigenvalue weighted by molar-refractivity contribution is 0.410. The first-order valence-electron chi connectivity index (χ1n) is 8.80. The van der Waals surface area contributed by atoms with E-state index in [0.29, 0.717) is 12.2 Å². The fourth-order valence-corrected chi connectivity index (χ4v) is 2.86. The number of amidine groups is 1. The fraction of sp³-hybridized carbons (Fsp3) is 0.190. The SMILES string of the molecule is Cc1cccc(CN=C(Nc2ccccc2)c2c(O)n(C)c(=O)n(C)c2=O)c1. The molecule has 3 rings (SSSR count). The predicted molar refractivity (Wildman–Crippen MR) is 110 cm³/mol. The van der Waals surface area contributed by atoms with Gasteiger partial charge in [0.1, 0.15) is 11.4 Å². The summed E-state index contributed by atoms with van der Waals surface area (Å²) in [4.78, 5) is 29.3. The molecule has 7 nitrogen and oxygen atoms in total. The number of hydrogen-bond acceptors (Lipinski definition) is 4. The summed E-state index contributed by atoms with van der Waals surface area (Å²) in [6.07, 6.45) is 0. The zero-order valence-corrected chi connectivity index (χ0v) is 16.0. The number of para-hydroxylation sites is 1. The molecule has 0 radical (unpaired) electrons. The molecule has 0 saturated heterocycles. The zero-order valence-electron chi connectivity index (χ0n) is 16.0. The second-order valence-electron chi connectivity index (χ2n) is 6.55. The largest absolute Gasteiger partial charge is 0.494 e. The minimum absolute atomic E-state index is 0.0545. The highest BCUT2D eigenvalue weighted by atomic mass is 16.3. The van der Waals surface area contributed by atoms with Crippen molar-refractivity contribution in [1.82, 2.24) is 9.13 Å². The molecule has 144 valence electrons. The lowest BCUT2D eigenvalue weighted by atomic mass is 10.1. The summed E-state index contributed by atoms with van der Waals surface area (Å²) in [7, 11) is 2.77. The van der Waals surface area contributed by atoms with Crippen molar-refractivity contribution in [3.05, 3.63) is 92.1 Å². The molecule has 0 aliphatic heterocycles. The molecule has 2 aromatic carbocycles. The summed E-state index contributed by atoms with van der Waals surface area (Å²) < 4.78 is 1.97. The lowest BCUT2D eigenvalue weighted by Crippen LogP contribution is -2.41. The van der Waals surface area contributed by atoms with Crippen molar-refractivity contribution in [3.8, 4) is 5.88 Å². The Bertz CT molecular complexity index is 1140. The van der Waals surface area contributed by atoms with Gasteiger partial charge in [-0.1, -0.05) is 48.0 Å². The summed E-state index contributed by atoms with van der Waals surface area (Å²) in [5.74, 6) is -0.235. The molecule has 0 bridgehead atoms. The number of aliphatic imine (C=N–C) groups is 1. The molecule has 0 fully saturated rings. The lowest BCUT2D eigenvalue weighted by Gasteiger charge is -2.14. The quantitative estimate of drug-likeness (QED) is 0.538. The maximum absolute atomic E-state index is 12.7. The Hall–Kier alpha value is -3.61. The third kappa shape index (κ3) is 3.88. The molecule has 0 aliphatic rings. The van der Waals surface area contributed by atoms with E-state index in [9.17, 15) is 14.7 Å². The highest BCUT2D eigenvalue weighted by Gasteiger charge is 2.20. The minimum Gasteiger partial charge on any atom is -0.494 e. The molecular weight excluding hydrogens is 356 g/mol. The van der Waals surface area contributed by atoms with Crippen LogP contribution >= 0.6 is 0 Å². The van der Waals surface area contributed by atoms with Gasteiger partial charge >= 0.3 is 5.69 Å². The number of benzene rings is 2. The predicted octanol–water partition coefficient (Wildman–Crippen LogP) is 2.16. The molecule has 1 heterocycles. The van der Waals surface area contributed by atoms with E-state index in [4.69, 9.17) is 0 Å². The first-order valence-corrected chi connectivity index (χ1v) is 8.80. The van der Waals surface area contributed by atoms with Crippen LogP contribution < -0.4 is 16.6 Å². The third-order valence-electron chi connectivity index (χ3n) is 4.41. The molecule has 3 aromatic rings. The van der Waals surface area contributed by atoms with Crippen LogP contribution in [-0.4, -0.2) is 20.1 Å². The van der Waals surface area contributed by atoms with Crippen LogP contribution in [0, 0.1) is 6.92 Å². The minimum atomic E-state index is -0.618. The van der Waals surface area contributed by atoms with E-state index in [1.54, 1.807) is 0 Å². The monoisotopic (exact) mass is 378 g/mol. The molecule has 2 N–H and O–H groups in total. The van der Waals surface area contributed by atoms with Crippen LogP contribution in [0.2, 0.25) is 0 Å². The highest BCUT2D eigenvalue weighted by molar-refractivity contribution is 6.09. The van der Waals surface area contributed by atoms with Gasteiger partial charge in [-0.2, -0.15) is 0 Å². The Kier molecular flexibility index (Phi) is 5.44. The Labute approximate surface area is 162 Å². The standard InChI is InChI=1S/C21H22N4O3/c1-14-8-7-9-15(12-14)13-22-18(23-16-10-5-4-6-11-16)17-19(26)24(2)21(28)25(3)20(17)27/h4-12,26H,13H2,1-3H3,(H,22,23). The van der Waals surface area contributed by atoms with Gasteiger partial charge in [-0.15, -0.1) is 0 Å². The van der Waals surface area contributed by atoms with Gasteiger partial charge in [-0.05, 0) is 24.6 Å². The van der Waals surface area contributed by atoms with Gasteiger partial charge in [0.05, 0.1) is 6.54 Å². The fourth-order valence-electron chi connectivity index (χ4n) is 2.86. The van der Waals surface area contributed by atoms with E-state index in [0.717, 1.165) is 20.3 Å². The van der Waals surface area contributed by atoms with E-state index in [1.807, 2.05) is 61.5 Å².